The van der Waals surface area contributed by atoms with Crippen molar-refractivity contribution in [1.29, 1.82) is 0 Å². The molecule has 1 aliphatic heterocycles. The molecule has 0 aliphatic carbocycles. The fraction of sp³-hybridized carbons (Fsp3) is 0.238. The summed E-state index contributed by atoms with van der Waals surface area (Å²) < 4.78 is 61.3. The molecule has 0 bridgehead atoms. The largest absolute Gasteiger partial charge is 0.369 e. The maximum Gasteiger partial charge on any atom is 0.243 e. The molecule has 0 saturated carbocycles. The van der Waals surface area contributed by atoms with Crippen molar-refractivity contribution in [1.82, 2.24) is 14.3 Å². The van der Waals surface area contributed by atoms with E-state index in [0.717, 1.165) is 6.07 Å². The lowest BCUT2D eigenvalue weighted by Gasteiger charge is -2.32. The van der Waals surface area contributed by atoms with E-state index in [4.69, 9.17) is 4.74 Å². The van der Waals surface area contributed by atoms with Crippen LogP contribution in [0.2, 0.25) is 0 Å². The van der Waals surface area contributed by atoms with Gasteiger partial charge in [-0.15, -0.1) is 0 Å². The van der Waals surface area contributed by atoms with Crippen molar-refractivity contribution in [3.05, 3.63) is 77.8 Å². The first-order valence-electron chi connectivity index (χ1n) is 9.31. The van der Waals surface area contributed by atoms with Gasteiger partial charge in [0.15, 0.2) is 0 Å². The van der Waals surface area contributed by atoms with Crippen LogP contribution >= 0.6 is 0 Å². The molecule has 9 heteroatoms. The number of ether oxygens (including phenoxy) is 1. The quantitative estimate of drug-likeness (QED) is 0.632. The van der Waals surface area contributed by atoms with Crippen LogP contribution in [0.4, 0.5) is 8.78 Å². The van der Waals surface area contributed by atoms with E-state index in [0.29, 0.717) is 17.0 Å². The molecule has 1 atom stereocenters. The SMILES string of the molecule is Cc1ccc(S(=O)(=O)N2CCOC(c3nccnc3-c3ccccc3F)C2)cc1F. The minimum absolute atomic E-state index is 0.0437. The third-order valence-corrected chi connectivity index (χ3v) is 6.83. The summed E-state index contributed by atoms with van der Waals surface area (Å²) in [7, 11) is -3.94. The molecule has 0 N–H and O–H groups in total. The van der Waals surface area contributed by atoms with Crippen molar-refractivity contribution in [2.75, 3.05) is 19.7 Å². The molecule has 156 valence electrons. The van der Waals surface area contributed by atoms with Crippen LogP contribution in [-0.2, 0) is 14.8 Å². The number of rotatable bonds is 4. The highest BCUT2D eigenvalue weighted by Crippen LogP contribution is 2.32. The Morgan fingerprint density at radius 2 is 1.83 bits per heavy atom. The standard InChI is InChI=1S/C21H19F2N3O3S/c1-14-6-7-15(12-18(14)23)30(27,28)26-10-11-29-19(13-26)21-20(24-8-9-25-21)16-4-2-3-5-17(16)22/h2-9,12,19H,10-11,13H2,1H3. The highest BCUT2D eigenvalue weighted by Gasteiger charge is 2.34. The van der Waals surface area contributed by atoms with Gasteiger partial charge in [-0.2, -0.15) is 4.31 Å². The average Bonchev–Trinajstić information content (AvgIpc) is 2.76. The van der Waals surface area contributed by atoms with E-state index in [2.05, 4.69) is 9.97 Å². The molecule has 1 saturated heterocycles. The zero-order valence-electron chi connectivity index (χ0n) is 16.1. The van der Waals surface area contributed by atoms with E-state index in [1.807, 2.05) is 0 Å². The molecule has 4 rings (SSSR count). The first-order valence-corrected chi connectivity index (χ1v) is 10.8. The predicted octanol–water partition coefficient (Wildman–Crippen LogP) is 3.49. The summed E-state index contributed by atoms with van der Waals surface area (Å²) in [5.74, 6) is -1.05. The fourth-order valence-corrected chi connectivity index (χ4v) is 4.77. The van der Waals surface area contributed by atoms with Crippen LogP contribution in [0.1, 0.15) is 17.4 Å². The van der Waals surface area contributed by atoms with Crippen LogP contribution in [0.15, 0.2) is 59.8 Å². The summed E-state index contributed by atoms with van der Waals surface area (Å²) in [4.78, 5) is 8.43. The number of benzene rings is 2. The Morgan fingerprint density at radius 1 is 1.07 bits per heavy atom. The summed E-state index contributed by atoms with van der Waals surface area (Å²) in [6.07, 6.45) is 2.15. The second kappa shape index (κ2) is 8.17. The van der Waals surface area contributed by atoms with Crippen LogP contribution in [0.3, 0.4) is 0 Å². The van der Waals surface area contributed by atoms with Crippen molar-refractivity contribution in [2.24, 2.45) is 0 Å². The third-order valence-electron chi connectivity index (χ3n) is 4.97. The van der Waals surface area contributed by atoms with Gasteiger partial charge in [-0.25, -0.2) is 17.2 Å². The molecule has 2 aromatic carbocycles. The van der Waals surface area contributed by atoms with Gasteiger partial charge in [0, 0.05) is 31.0 Å². The fourth-order valence-electron chi connectivity index (χ4n) is 3.34. The van der Waals surface area contributed by atoms with Gasteiger partial charge in [-0.1, -0.05) is 18.2 Å². The number of hydrogen-bond acceptors (Lipinski definition) is 5. The molecule has 6 nitrogen and oxygen atoms in total. The smallest absolute Gasteiger partial charge is 0.243 e. The van der Waals surface area contributed by atoms with Crippen molar-refractivity contribution >= 4 is 10.0 Å². The Bertz CT molecular complexity index is 1190. The lowest BCUT2D eigenvalue weighted by molar-refractivity contribution is -0.00478. The van der Waals surface area contributed by atoms with E-state index >= 15 is 0 Å². The van der Waals surface area contributed by atoms with Gasteiger partial charge in [-0.3, -0.25) is 9.97 Å². The molecule has 2 heterocycles. The Labute approximate surface area is 173 Å². The Kier molecular flexibility index (Phi) is 5.59. The van der Waals surface area contributed by atoms with Crippen molar-refractivity contribution in [3.8, 4) is 11.3 Å². The average molecular weight is 431 g/mol. The molecule has 0 spiro atoms. The Hall–Kier alpha value is -2.75. The highest BCUT2D eigenvalue weighted by atomic mass is 32.2. The van der Waals surface area contributed by atoms with Gasteiger partial charge in [0.05, 0.1) is 22.9 Å². The van der Waals surface area contributed by atoms with Crippen LogP contribution in [0, 0.1) is 18.6 Å². The lowest BCUT2D eigenvalue weighted by Crippen LogP contribution is -2.42. The van der Waals surface area contributed by atoms with Crippen molar-refractivity contribution in [2.45, 2.75) is 17.9 Å². The first-order chi connectivity index (χ1) is 14.4. The molecule has 1 aliphatic rings. The number of nitrogens with zero attached hydrogens (tertiary/aromatic N) is 3. The summed E-state index contributed by atoms with van der Waals surface area (Å²) in [5.41, 5.74) is 1.26. The van der Waals surface area contributed by atoms with E-state index < -0.39 is 27.8 Å². The van der Waals surface area contributed by atoms with Gasteiger partial charge in [0.2, 0.25) is 10.0 Å². The van der Waals surface area contributed by atoms with Gasteiger partial charge in [-0.05, 0) is 36.8 Å². The number of hydrogen-bond donors (Lipinski definition) is 0. The van der Waals surface area contributed by atoms with Crippen LogP contribution < -0.4 is 0 Å². The van der Waals surface area contributed by atoms with Crippen LogP contribution in [0.5, 0.6) is 0 Å². The zero-order chi connectivity index (χ0) is 21.3. The first kappa shape index (κ1) is 20.5. The maximum atomic E-state index is 14.3. The molecule has 30 heavy (non-hydrogen) atoms. The number of aryl methyl sites for hydroxylation is 1. The molecular formula is C21H19F2N3O3S. The minimum atomic E-state index is -3.94. The number of morpholine rings is 1. The van der Waals surface area contributed by atoms with E-state index in [-0.39, 0.29) is 30.2 Å². The number of sulfonamides is 1. The zero-order valence-corrected chi connectivity index (χ0v) is 16.9. The molecule has 0 radical (unpaired) electrons. The number of halogens is 2. The third kappa shape index (κ3) is 3.83. The molecular weight excluding hydrogens is 412 g/mol. The molecule has 3 aromatic rings. The van der Waals surface area contributed by atoms with E-state index in [1.54, 1.807) is 25.1 Å². The molecule has 1 fully saturated rings. The predicted molar refractivity (Wildman–Crippen MR) is 106 cm³/mol. The Balaban J connectivity index is 1.67. The molecule has 0 amide bonds. The van der Waals surface area contributed by atoms with Gasteiger partial charge >= 0.3 is 0 Å². The lowest BCUT2D eigenvalue weighted by atomic mass is 10.1. The molecule has 1 aromatic heterocycles. The summed E-state index contributed by atoms with van der Waals surface area (Å²) >= 11 is 0. The Morgan fingerprint density at radius 3 is 2.60 bits per heavy atom. The number of aromatic nitrogens is 2. The van der Waals surface area contributed by atoms with Gasteiger partial charge in [0.1, 0.15) is 17.7 Å². The van der Waals surface area contributed by atoms with E-state index in [1.165, 1.54) is 34.9 Å². The summed E-state index contributed by atoms with van der Waals surface area (Å²) in [6, 6.07) is 9.97. The molecule has 1 unspecified atom stereocenters. The van der Waals surface area contributed by atoms with Crippen LogP contribution in [0.25, 0.3) is 11.3 Å². The minimum Gasteiger partial charge on any atom is -0.369 e. The maximum absolute atomic E-state index is 14.3. The normalized spacial score (nSPS) is 17.8. The van der Waals surface area contributed by atoms with Crippen molar-refractivity contribution < 1.29 is 21.9 Å². The van der Waals surface area contributed by atoms with Crippen LogP contribution in [-0.4, -0.2) is 42.4 Å². The topological polar surface area (TPSA) is 72.4 Å². The monoisotopic (exact) mass is 431 g/mol. The summed E-state index contributed by atoms with van der Waals surface area (Å²) in [6.45, 7) is 1.75. The van der Waals surface area contributed by atoms with Gasteiger partial charge in [0.25, 0.3) is 0 Å². The van der Waals surface area contributed by atoms with E-state index in [9.17, 15) is 17.2 Å². The van der Waals surface area contributed by atoms with Crippen molar-refractivity contribution in [3.63, 3.8) is 0 Å². The highest BCUT2D eigenvalue weighted by molar-refractivity contribution is 7.89. The van der Waals surface area contributed by atoms with Gasteiger partial charge < -0.3 is 4.74 Å². The summed E-state index contributed by atoms with van der Waals surface area (Å²) in [5, 5.41) is 0. The second-order valence-electron chi connectivity index (χ2n) is 6.90. The second-order valence-corrected chi connectivity index (χ2v) is 8.84.